The Hall–Kier alpha value is -3.85. The standard InChI is InChI=1S/C31H32F3N3O2S/c1-3-5-6-7-19-39-28-15-11-23(12-16-28)21-35-37-29(24-9-8-10-25(20-24)31(32,33)34)22-40-30(37)36-26-13-17-27(18-14-26)38-4-2/h8-18,20-22H,3-7,19H2,1-2H3/b35-21-,36-30?. The number of hydrogen-bond acceptors (Lipinski definition) is 5. The summed E-state index contributed by atoms with van der Waals surface area (Å²) in [5.41, 5.74) is 1.67. The maximum Gasteiger partial charge on any atom is 0.416 e. The molecular formula is C31H32F3N3O2S. The van der Waals surface area contributed by atoms with Crippen molar-refractivity contribution in [1.29, 1.82) is 0 Å². The van der Waals surface area contributed by atoms with Gasteiger partial charge in [0.15, 0.2) is 0 Å². The number of aromatic nitrogens is 1. The first kappa shape index (κ1) is 29.1. The third kappa shape index (κ3) is 8.08. The van der Waals surface area contributed by atoms with Gasteiger partial charge in [-0.15, -0.1) is 11.3 Å². The molecule has 0 aliphatic rings. The summed E-state index contributed by atoms with van der Waals surface area (Å²) in [5, 5.41) is 6.39. The van der Waals surface area contributed by atoms with E-state index in [1.54, 1.807) is 22.3 Å². The monoisotopic (exact) mass is 567 g/mol. The van der Waals surface area contributed by atoms with E-state index in [9.17, 15) is 13.2 Å². The number of thiazole rings is 1. The quantitative estimate of drug-likeness (QED) is 0.127. The van der Waals surface area contributed by atoms with Crippen LogP contribution in [0.2, 0.25) is 0 Å². The number of ether oxygens (including phenoxy) is 2. The van der Waals surface area contributed by atoms with Crippen LogP contribution in [0.4, 0.5) is 18.9 Å². The topological polar surface area (TPSA) is 48.1 Å². The fourth-order valence-corrected chi connectivity index (χ4v) is 4.79. The van der Waals surface area contributed by atoms with E-state index >= 15 is 0 Å². The molecule has 0 N–H and O–H groups in total. The Morgan fingerprint density at radius 1 is 0.875 bits per heavy atom. The van der Waals surface area contributed by atoms with Crippen molar-refractivity contribution in [3.05, 3.63) is 94.1 Å². The van der Waals surface area contributed by atoms with Gasteiger partial charge in [0, 0.05) is 10.9 Å². The zero-order chi connectivity index (χ0) is 28.4. The summed E-state index contributed by atoms with van der Waals surface area (Å²) in [6.07, 6.45) is 1.76. The molecule has 0 fully saturated rings. The van der Waals surface area contributed by atoms with Crippen LogP contribution in [0.25, 0.3) is 11.3 Å². The summed E-state index contributed by atoms with van der Waals surface area (Å²) < 4.78 is 53.2. The predicted molar refractivity (Wildman–Crippen MR) is 155 cm³/mol. The summed E-state index contributed by atoms with van der Waals surface area (Å²) in [4.78, 5) is 5.22. The van der Waals surface area contributed by atoms with E-state index < -0.39 is 11.7 Å². The van der Waals surface area contributed by atoms with Crippen LogP contribution in [-0.2, 0) is 6.18 Å². The Bertz CT molecular complexity index is 1460. The van der Waals surface area contributed by atoms with Gasteiger partial charge in [0.1, 0.15) is 11.5 Å². The molecule has 9 heteroatoms. The molecule has 1 heterocycles. The molecule has 0 spiro atoms. The highest BCUT2D eigenvalue weighted by molar-refractivity contribution is 7.07. The molecule has 0 amide bonds. The van der Waals surface area contributed by atoms with Crippen LogP contribution < -0.4 is 14.3 Å². The molecule has 3 aromatic carbocycles. The molecule has 0 aliphatic heterocycles. The van der Waals surface area contributed by atoms with Crippen molar-refractivity contribution in [3.8, 4) is 22.8 Å². The number of halogens is 3. The molecule has 4 aromatic rings. The van der Waals surface area contributed by atoms with Crippen molar-refractivity contribution < 1.29 is 22.6 Å². The van der Waals surface area contributed by atoms with E-state index in [2.05, 4.69) is 12.0 Å². The Kier molecular flexibility index (Phi) is 10.2. The lowest BCUT2D eigenvalue weighted by Gasteiger charge is -2.09. The molecule has 1 aromatic heterocycles. The summed E-state index contributed by atoms with van der Waals surface area (Å²) in [6.45, 7) is 5.32. The van der Waals surface area contributed by atoms with Crippen LogP contribution in [0.3, 0.4) is 0 Å². The van der Waals surface area contributed by atoms with Crippen LogP contribution >= 0.6 is 11.3 Å². The molecule has 40 heavy (non-hydrogen) atoms. The van der Waals surface area contributed by atoms with Gasteiger partial charge in [-0.3, -0.25) is 0 Å². The van der Waals surface area contributed by atoms with Gasteiger partial charge >= 0.3 is 6.18 Å². The smallest absolute Gasteiger partial charge is 0.416 e. The lowest BCUT2D eigenvalue weighted by molar-refractivity contribution is -0.137. The number of alkyl halides is 3. The molecule has 5 nitrogen and oxygen atoms in total. The minimum atomic E-state index is -4.45. The average Bonchev–Trinajstić information content (AvgIpc) is 3.35. The summed E-state index contributed by atoms with van der Waals surface area (Å²) >= 11 is 1.30. The molecule has 0 saturated carbocycles. The molecule has 210 valence electrons. The lowest BCUT2D eigenvalue weighted by atomic mass is 10.1. The van der Waals surface area contributed by atoms with Gasteiger partial charge in [-0.1, -0.05) is 38.3 Å². The van der Waals surface area contributed by atoms with Crippen LogP contribution in [0.1, 0.15) is 50.7 Å². The number of nitrogens with zero attached hydrogens (tertiary/aromatic N) is 3. The normalized spacial score (nSPS) is 12.3. The molecule has 0 saturated heterocycles. The van der Waals surface area contributed by atoms with Crippen molar-refractivity contribution in [2.75, 3.05) is 13.2 Å². The minimum Gasteiger partial charge on any atom is -0.494 e. The first-order valence-electron chi connectivity index (χ1n) is 13.3. The van der Waals surface area contributed by atoms with Gasteiger partial charge in [-0.2, -0.15) is 18.3 Å². The Balaban J connectivity index is 1.64. The maximum atomic E-state index is 13.4. The van der Waals surface area contributed by atoms with Crippen molar-refractivity contribution in [1.82, 2.24) is 4.68 Å². The first-order chi connectivity index (χ1) is 19.4. The van der Waals surface area contributed by atoms with Crippen molar-refractivity contribution in [3.63, 3.8) is 0 Å². The molecule has 0 bridgehead atoms. The maximum absolute atomic E-state index is 13.4. The lowest BCUT2D eigenvalue weighted by Crippen LogP contribution is -2.12. The highest BCUT2D eigenvalue weighted by atomic mass is 32.1. The number of unbranched alkanes of at least 4 members (excludes halogenated alkanes) is 3. The second-order valence-corrected chi connectivity index (χ2v) is 9.89. The van der Waals surface area contributed by atoms with Crippen molar-refractivity contribution in [2.24, 2.45) is 10.1 Å². The zero-order valence-corrected chi connectivity index (χ0v) is 23.3. The third-order valence-corrected chi connectivity index (χ3v) is 6.83. The molecular weight excluding hydrogens is 535 g/mol. The number of rotatable bonds is 12. The van der Waals surface area contributed by atoms with Gasteiger partial charge < -0.3 is 9.47 Å². The second kappa shape index (κ2) is 14.0. The third-order valence-electron chi connectivity index (χ3n) is 6.01. The highest BCUT2D eigenvalue weighted by Gasteiger charge is 2.30. The molecule has 4 rings (SSSR count). The van der Waals surface area contributed by atoms with E-state index in [0.717, 1.165) is 42.0 Å². The Morgan fingerprint density at radius 3 is 2.30 bits per heavy atom. The number of benzene rings is 3. The van der Waals surface area contributed by atoms with Gasteiger partial charge in [0.2, 0.25) is 4.80 Å². The Morgan fingerprint density at radius 2 is 1.60 bits per heavy atom. The molecule has 0 atom stereocenters. The highest BCUT2D eigenvalue weighted by Crippen LogP contribution is 2.32. The van der Waals surface area contributed by atoms with Crippen LogP contribution in [0.5, 0.6) is 11.5 Å². The van der Waals surface area contributed by atoms with Gasteiger partial charge in [-0.25, -0.2) is 9.67 Å². The predicted octanol–water partition coefficient (Wildman–Crippen LogP) is 8.71. The average molecular weight is 568 g/mol. The van der Waals surface area contributed by atoms with Gasteiger partial charge in [0.05, 0.1) is 36.4 Å². The number of hydrogen-bond donors (Lipinski definition) is 0. The fourth-order valence-electron chi connectivity index (χ4n) is 3.93. The Labute approximate surface area is 236 Å². The van der Waals surface area contributed by atoms with E-state index in [1.165, 1.54) is 30.2 Å². The van der Waals surface area contributed by atoms with Gasteiger partial charge in [-0.05, 0) is 79.6 Å². The fraction of sp³-hybridized carbons (Fsp3) is 0.290. The van der Waals surface area contributed by atoms with E-state index in [4.69, 9.17) is 14.5 Å². The van der Waals surface area contributed by atoms with Crippen LogP contribution in [-0.4, -0.2) is 24.1 Å². The van der Waals surface area contributed by atoms with E-state index in [1.807, 2.05) is 55.5 Å². The molecule has 0 aliphatic carbocycles. The van der Waals surface area contributed by atoms with Crippen LogP contribution in [0, 0.1) is 0 Å². The van der Waals surface area contributed by atoms with Crippen LogP contribution in [0.15, 0.2) is 88.3 Å². The van der Waals surface area contributed by atoms with Crippen molar-refractivity contribution in [2.45, 2.75) is 45.7 Å². The summed E-state index contributed by atoms with van der Waals surface area (Å²) in [7, 11) is 0. The molecule has 0 radical (unpaired) electrons. The summed E-state index contributed by atoms with van der Waals surface area (Å²) in [6, 6.07) is 20.1. The first-order valence-corrected chi connectivity index (χ1v) is 14.2. The van der Waals surface area contributed by atoms with Gasteiger partial charge in [0.25, 0.3) is 0 Å². The zero-order valence-electron chi connectivity index (χ0n) is 22.5. The SMILES string of the molecule is CCCCCCOc1ccc(/C=N\n2c(-c3cccc(C(F)(F)F)c3)csc2=Nc2ccc(OCC)cc2)cc1. The summed E-state index contributed by atoms with van der Waals surface area (Å²) in [5.74, 6) is 1.52. The largest absolute Gasteiger partial charge is 0.494 e. The molecule has 0 unspecified atom stereocenters. The van der Waals surface area contributed by atoms with Crippen molar-refractivity contribution >= 4 is 23.2 Å². The van der Waals surface area contributed by atoms with E-state index in [-0.39, 0.29) is 0 Å². The minimum absolute atomic E-state index is 0.392. The van der Waals surface area contributed by atoms with E-state index in [0.29, 0.717) is 35.0 Å². The second-order valence-electron chi connectivity index (χ2n) is 9.06.